The maximum Gasteiger partial charge on any atom is 0.128 e. The summed E-state index contributed by atoms with van der Waals surface area (Å²) in [6.07, 6.45) is 2.52. The third-order valence-electron chi connectivity index (χ3n) is 4.26. The summed E-state index contributed by atoms with van der Waals surface area (Å²) in [6.45, 7) is 5.21. The summed E-state index contributed by atoms with van der Waals surface area (Å²) >= 11 is 3.30. The van der Waals surface area contributed by atoms with Gasteiger partial charge >= 0.3 is 0 Å². The lowest BCUT2D eigenvalue weighted by molar-refractivity contribution is 0.266. The molecule has 0 bridgehead atoms. The van der Waals surface area contributed by atoms with Crippen molar-refractivity contribution in [3.8, 4) is 0 Å². The van der Waals surface area contributed by atoms with Crippen LogP contribution < -0.4 is 5.32 Å². The van der Waals surface area contributed by atoms with E-state index < -0.39 is 0 Å². The van der Waals surface area contributed by atoms with E-state index in [-0.39, 0.29) is 5.82 Å². The van der Waals surface area contributed by atoms with Crippen molar-refractivity contribution < 1.29 is 4.39 Å². The summed E-state index contributed by atoms with van der Waals surface area (Å²) in [6, 6.07) is 5.36. The van der Waals surface area contributed by atoms with Gasteiger partial charge in [-0.2, -0.15) is 0 Å². The Balaban J connectivity index is 1.67. The van der Waals surface area contributed by atoms with Gasteiger partial charge in [0, 0.05) is 29.7 Å². The average Bonchev–Trinajstić information content (AvgIpc) is 2.94. The highest BCUT2D eigenvalue weighted by Crippen LogP contribution is 2.36. The molecule has 2 aliphatic rings. The number of hydrogen-bond donors (Lipinski definition) is 1. The molecule has 0 saturated carbocycles. The normalized spacial score (nSPS) is 28.3. The Bertz CT molecular complexity index is 443. The van der Waals surface area contributed by atoms with Crippen molar-refractivity contribution in [1.29, 1.82) is 0 Å². The number of benzene rings is 1. The van der Waals surface area contributed by atoms with Gasteiger partial charge in [-0.05, 0) is 43.5 Å². The van der Waals surface area contributed by atoms with Gasteiger partial charge in [-0.15, -0.1) is 0 Å². The Kier molecular flexibility index (Phi) is 3.43. The van der Waals surface area contributed by atoms with E-state index in [2.05, 4.69) is 26.1 Å². The first-order chi connectivity index (χ1) is 8.67. The lowest BCUT2D eigenvalue weighted by atomic mass is 9.86. The highest BCUT2D eigenvalue weighted by atomic mass is 79.9. The second kappa shape index (κ2) is 4.91. The Morgan fingerprint density at radius 3 is 3.00 bits per heavy atom. The zero-order valence-electron chi connectivity index (χ0n) is 10.4. The summed E-state index contributed by atoms with van der Waals surface area (Å²) in [5.41, 5.74) is 1.27. The first-order valence-corrected chi connectivity index (χ1v) is 7.33. The molecule has 1 aromatic carbocycles. The summed E-state index contributed by atoms with van der Waals surface area (Å²) < 4.78 is 14.6. The maximum atomic E-state index is 13.8. The van der Waals surface area contributed by atoms with E-state index in [0.29, 0.717) is 5.41 Å². The molecule has 2 nitrogen and oxygen atoms in total. The monoisotopic (exact) mass is 312 g/mol. The minimum Gasteiger partial charge on any atom is -0.316 e. The van der Waals surface area contributed by atoms with E-state index >= 15 is 0 Å². The largest absolute Gasteiger partial charge is 0.316 e. The maximum absolute atomic E-state index is 13.8. The van der Waals surface area contributed by atoms with E-state index in [0.717, 1.165) is 42.8 Å². The molecule has 1 spiro atoms. The summed E-state index contributed by atoms with van der Waals surface area (Å²) in [5.74, 6) is -0.102. The van der Waals surface area contributed by atoms with Gasteiger partial charge in [-0.3, -0.25) is 4.90 Å². The van der Waals surface area contributed by atoms with E-state index in [1.165, 1.54) is 12.8 Å². The average molecular weight is 313 g/mol. The molecule has 18 heavy (non-hydrogen) atoms. The Hall–Kier alpha value is -0.450. The number of halogens is 2. The summed E-state index contributed by atoms with van der Waals surface area (Å²) in [7, 11) is 0. The molecule has 98 valence electrons. The van der Waals surface area contributed by atoms with Crippen molar-refractivity contribution in [2.45, 2.75) is 19.4 Å². The van der Waals surface area contributed by atoms with Gasteiger partial charge in [0.1, 0.15) is 5.82 Å². The molecule has 3 rings (SSSR count). The molecule has 0 aliphatic carbocycles. The molecule has 0 aromatic heterocycles. The van der Waals surface area contributed by atoms with Crippen LogP contribution in [-0.2, 0) is 6.54 Å². The molecule has 4 heteroatoms. The molecular weight excluding hydrogens is 295 g/mol. The number of nitrogens with zero attached hydrogens (tertiary/aromatic N) is 1. The SMILES string of the molecule is Fc1cc(Br)ccc1CN1CCC2(CCNC2)C1. The van der Waals surface area contributed by atoms with Crippen LogP contribution in [0.25, 0.3) is 0 Å². The van der Waals surface area contributed by atoms with Crippen molar-refractivity contribution in [3.63, 3.8) is 0 Å². The number of hydrogen-bond acceptors (Lipinski definition) is 2. The number of nitrogens with one attached hydrogen (secondary N) is 1. The first kappa shape index (κ1) is 12.6. The van der Waals surface area contributed by atoms with Gasteiger partial charge < -0.3 is 5.32 Å². The van der Waals surface area contributed by atoms with Gasteiger partial charge in [0.15, 0.2) is 0 Å². The van der Waals surface area contributed by atoms with Gasteiger partial charge in [0.2, 0.25) is 0 Å². The highest BCUT2D eigenvalue weighted by Gasteiger charge is 2.40. The molecule has 1 atom stereocenters. The highest BCUT2D eigenvalue weighted by molar-refractivity contribution is 9.10. The Morgan fingerprint density at radius 2 is 2.28 bits per heavy atom. The molecule has 2 fully saturated rings. The number of rotatable bonds is 2. The van der Waals surface area contributed by atoms with Crippen molar-refractivity contribution in [2.75, 3.05) is 26.2 Å². The van der Waals surface area contributed by atoms with Gasteiger partial charge in [-0.25, -0.2) is 4.39 Å². The van der Waals surface area contributed by atoms with E-state index in [1.54, 1.807) is 6.07 Å². The van der Waals surface area contributed by atoms with Crippen LogP contribution in [-0.4, -0.2) is 31.1 Å². The molecular formula is C14H18BrFN2. The van der Waals surface area contributed by atoms with E-state index in [9.17, 15) is 4.39 Å². The van der Waals surface area contributed by atoms with Crippen LogP contribution >= 0.6 is 15.9 Å². The minimum absolute atomic E-state index is 0.102. The minimum atomic E-state index is -0.102. The Morgan fingerprint density at radius 1 is 1.39 bits per heavy atom. The van der Waals surface area contributed by atoms with Crippen LogP contribution in [0.2, 0.25) is 0 Å². The van der Waals surface area contributed by atoms with Crippen LogP contribution in [0.5, 0.6) is 0 Å². The number of likely N-dealkylation sites (tertiary alicyclic amines) is 1. The van der Waals surface area contributed by atoms with E-state index in [1.807, 2.05) is 12.1 Å². The van der Waals surface area contributed by atoms with Crippen LogP contribution in [0, 0.1) is 11.2 Å². The van der Waals surface area contributed by atoms with Crippen molar-refractivity contribution in [3.05, 3.63) is 34.1 Å². The fourth-order valence-electron chi connectivity index (χ4n) is 3.20. The fourth-order valence-corrected chi connectivity index (χ4v) is 3.53. The van der Waals surface area contributed by atoms with Crippen molar-refractivity contribution in [2.24, 2.45) is 5.41 Å². The molecule has 2 heterocycles. The van der Waals surface area contributed by atoms with E-state index in [4.69, 9.17) is 0 Å². The van der Waals surface area contributed by atoms with Gasteiger partial charge in [0.25, 0.3) is 0 Å². The van der Waals surface area contributed by atoms with Crippen LogP contribution in [0.1, 0.15) is 18.4 Å². The zero-order chi connectivity index (χ0) is 12.6. The molecule has 0 radical (unpaired) electrons. The molecule has 2 aliphatic heterocycles. The van der Waals surface area contributed by atoms with Gasteiger partial charge in [-0.1, -0.05) is 22.0 Å². The quantitative estimate of drug-likeness (QED) is 0.903. The topological polar surface area (TPSA) is 15.3 Å². The third kappa shape index (κ3) is 2.46. The second-order valence-corrected chi connectivity index (χ2v) is 6.54. The van der Waals surface area contributed by atoms with Crippen molar-refractivity contribution in [1.82, 2.24) is 10.2 Å². The standard InChI is InChI=1S/C14H18BrFN2/c15-12-2-1-11(13(16)7-12)8-18-6-4-14(10-18)3-5-17-9-14/h1-2,7,17H,3-6,8-10H2. The summed E-state index contributed by atoms with van der Waals surface area (Å²) in [4.78, 5) is 2.39. The zero-order valence-corrected chi connectivity index (χ0v) is 12.0. The third-order valence-corrected chi connectivity index (χ3v) is 4.75. The predicted octanol–water partition coefficient (Wildman–Crippen LogP) is 2.77. The second-order valence-electron chi connectivity index (χ2n) is 5.62. The first-order valence-electron chi connectivity index (χ1n) is 6.54. The van der Waals surface area contributed by atoms with Crippen molar-refractivity contribution >= 4 is 15.9 Å². The molecule has 1 N–H and O–H groups in total. The van der Waals surface area contributed by atoms with Crippen LogP contribution in [0.3, 0.4) is 0 Å². The Labute approximate surface area is 116 Å². The molecule has 1 aromatic rings. The molecule has 0 amide bonds. The molecule has 1 unspecified atom stereocenters. The van der Waals surface area contributed by atoms with Gasteiger partial charge in [0.05, 0.1) is 0 Å². The predicted molar refractivity (Wildman–Crippen MR) is 73.9 cm³/mol. The smallest absolute Gasteiger partial charge is 0.128 e. The molecule has 2 saturated heterocycles. The summed E-state index contributed by atoms with van der Waals surface area (Å²) in [5, 5.41) is 3.45. The lowest BCUT2D eigenvalue weighted by Crippen LogP contribution is -2.29. The van der Waals surface area contributed by atoms with Crippen LogP contribution in [0.4, 0.5) is 4.39 Å². The van der Waals surface area contributed by atoms with Crippen LogP contribution in [0.15, 0.2) is 22.7 Å². The fraction of sp³-hybridized carbons (Fsp3) is 0.571. The lowest BCUT2D eigenvalue weighted by Gasteiger charge is -2.23.